The van der Waals surface area contributed by atoms with Gasteiger partial charge in [0.25, 0.3) is 0 Å². The van der Waals surface area contributed by atoms with E-state index in [4.69, 9.17) is 18.0 Å². The Bertz CT molecular complexity index is 334. The number of nitrogens with two attached hydrogens (primary N) is 1. The zero-order valence-electron chi connectivity index (χ0n) is 10.0. The number of thioether (sulfide) groups is 1. The molecule has 2 N–H and O–H groups in total. The third-order valence-corrected chi connectivity index (χ3v) is 2.27. The van der Waals surface area contributed by atoms with Crippen LogP contribution in [0.1, 0.15) is 13.8 Å². The van der Waals surface area contributed by atoms with Gasteiger partial charge in [0.05, 0.1) is 6.61 Å². The summed E-state index contributed by atoms with van der Waals surface area (Å²) < 4.78 is 4.87. The predicted octanol–water partition coefficient (Wildman–Crippen LogP) is 2.59. The Kier molecular flexibility index (Phi) is 13.4. The van der Waals surface area contributed by atoms with Crippen LogP contribution in [0.4, 0.5) is 0 Å². The standard InChI is InChI=1S/C7H7NS2.C4H8O2.Zn/c8-7(9)10-6-4-2-1-3-5-6;1-3-6-4(2)5;/h1-5H,(H2,8,9);3H2,1-2H3;. The fourth-order valence-corrected chi connectivity index (χ4v) is 1.62. The quantitative estimate of drug-likeness (QED) is 0.392. The molecule has 0 fully saturated rings. The first-order chi connectivity index (χ1) is 7.56. The average Bonchev–Trinajstić information content (AvgIpc) is 2.18. The Morgan fingerprint density at radius 1 is 1.41 bits per heavy atom. The van der Waals surface area contributed by atoms with E-state index in [1.165, 1.54) is 18.7 Å². The molecule has 6 heteroatoms. The van der Waals surface area contributed by atoms with E-state index < -0.39 is 0 Å². The molecule has 0 amide bonds. The first-order valence-electron chi connectivity index (χ1n) is 4.72. The molecule has 0 spiro atoms. The second-order valence-corrected chi connectivity index (χ2v) is 4.47. The van der Waals surface area contributed by atoms with Crippen molar-refractivity contribution in [2.45, 2.75) is 18.7 Å². The Morgan fingerprint density at radius 2 is 1.94 bits per heavy atom. The number of thiocarbonyl (C=S) groups is 1. The van der Waals surface area contributed by atoms with Crippen LogP contribution in [-0.2, 0) is 29.0 Å². The molecular weight excluding hydrogens is 308 g/mol. The van der Waals surface area contributed by atoms with Crippen LogP contribution >= 0.6 is 24.0 Å². The number of hydrogen-bond acceptors (Lipinski definition) is 4. The van der Waals surface area contributed by atoms with E-state index in [1.807, 2.05) is 30.3 Å². The molecule has 1 aromatic rings. The van der Waals surface area contributed by atoms with E-state index in [2.05, 4.69) is 4.74 Å². The SMILES string of the molecule is CCOC(C)=O.NC(=S)Sc1ccccc1.[Zn]. The molecule has 0 saturated heterocycles. The summed E-state index contributed by atoms with van der Waals surface area (Å²) in [6.45, 7) is 3.65. The van der Waals surface area contributed by atoms with Crippen LogP contribution in [0, 0.1) is 0 Å². The van der Waals surface area contributed by atoms with Crippen molar-refractivity contribution in [2.75, 3.05) is 6.61 Å². The van der Waals surface area contributed by atoms with E-state index >= 15 is 0 Å². The van der Waals surface area contributed by atoms with E-state index in [-0.39, 0.29) is 25.4 Å². The van der Waals surface area contributed by atoms with Crippen molar-refractivity contribution in [3.63, 3.8) is 0 Å². The summed E-state index contributed by atoms with van der Waals surface area (Å²) in [5, 5.41) is 0. The van der Waals surface area contributed by atoms with Gasteiger partial charge in [-0.05, 0) is 19.1 Å². The van der Waals surface area contributed by atoms with Crippen molar-refractivity contribution in [3.05, 3.63) is 30.3 Å². The molecule has 17 heavy (non-hydrogen) atoms. The fourth-order valence-electron chi connectivity index (χ4n) is 0.808. The normalized spacial score (nSPS) is 8.12. The van der Waals surface area contributed by atoms with E-state index in [0.29, 0.717) is 10.9 Å². The van der Waals surface area contributed by atoms with Gasteiger partial charge >= 0.3 is 5.97 Å². The molecule has 0 radical (unpaired) electrons. The molecule has 0 aliphatic heterocycles. The molecule has 3 nitrogen and oxygen atoms in total. The molecule has 0 aliphatic rings. The minimum atomic E-state index is -0.211. The predicted molar refractivity (Wildman–Crippen MR) is 71.4 cm³/mol. The zero-order chi connectivity index (χ0) is 12.4. The number of carbonyl (C=O) groups is 1. The Labute approximate surface area is 124 Å². The van der Waals surface area contributed by atoms with Crippen LogP contribution in [0.25, 0.3) is 0 Å². The van der Waals surface area contributed by atoms with Crippen molar-refractivity contribution < 1.29 is 29.0 Å². The topological polar surface area (TPSA) is 52.3 Å². The van der Waals surface area contributed by atoms with Crippen LogP contribution in [0.3, 0.4) is 0 Å². The van der Waals surface area contributed by atoms with Crippen LogP contribution in [0.5, 0.6) is 0 Å². The van der Waals surface area contributed by atoms with Gasteiger partial charge in [-0.1, -0.05) is 42.2 Å². The van der Waals surface area contributed by atoms with Gasteiger partial charge < -0.3 is 10.5 Å². The van der Waals surface area contributed by atoms with Gasteiger partial charge in [0.2, 0.25) is 0 Å². The molecular formula is C11H15NO2S2Zn. The largest absolute Gasteiger partial charge is 0.466 e. The number of benzene rings is 1. The second-order valence-electron chi connectivity index (χ2n) is 2.66. The molecule has 0 atom stereocenters. The molecule has 0 aliphatic carbocycles. The van der Waals surface area contributed by atoms with Gasteiger partial charge in [0, 0.05) is 31.3 Å². The van der Waals surface area contributed by atoms with Crippen molar-refractivity contribution in [3.8, 4) is 0 Å². The summed E-state index contributed by atoms with van der Waals surface area (Å²) in [4.78, 5) is 10.9. The van der Waals surface area contributed by atoms with Gasteiger partial charge in [-0.25, -0.2) is 0 Å². The van der Waals surface area contributed by atoms with Gasteiger partial charge in [-0.2, -0.15) is 0 Å². The summed E-state index contributed by atoms with van der Waals surface area (Å²) in [7, 11) is 0. The molecule has 90 valence electrons. The third kappa shape index (κ3) is 13.5. The monoisotopic (exact) mass is 321 g/mol. The van der Waals surface area contributed by atoms with Crippen LogP contribution in [0.2, 0.25) is 0 Å². The average molecular weight is 323 g/mol. The number of carbonyl (C=O) groups excluding carboxylic acids is 1. The van der Waals surface area contributed by atoms with E-state index in [0.717, 1.165) is 4.90 Å². The van der Waals surface area contributed by atoms with Gasteiger partial charge in [0.1, 0.15) is 4.32 Å². The maximum Gasteiger partial charge on any atom is 0.302 e. The molecule has 0 bridgehead atoms. The van der Waals surface area contributed by atoms with Gasteiger partial charge in [-0.15, -0.1) is 0 Å². The molecule has 1 aromatic carbocycles. The number of esters is 1. The minimum Gasteiger partial charge on any atom is -0.466 e. The summed E-state index contributed by atoms with van der Waals surface area (Å²) in [6, 6.07) is 9.83. The minimum absolute atomic E-state index is 0. The summed E-state index contributed by atoms with van der Waals surface area (Å²) in [5.74, 6) is -0.211. The third-order valence-electron chi connectivity index (χ3n) is 1.31. The van der Waals surface area contributed by atoms with Crippen molar-refractivity contribution >= 4 is 34.3 Å². The Hall–Kier alpha value is -0.447. The van der Waals surface area contributed by atoms with Gasteiger partial charge in [0.15, 0.2) is 0 Å². The molecule has 0 unspecified atom stereocenters. The van der Waals surface area contributed by atoms with E-state index in [1.54, 1.807) is 6.92 Å². The van der Waals surface area contributed by atoms with Crippen LogP contribution in [-0.4, -0.2) is 16.9 Å². The van der Waals surface area contributed by atoms with Crippen molar-refractivity contribution in [1.82, 2.24) is 0 Å². The molecule has 0 saturated carbocycles. The molecule has 0 aromatic heterocycles. The molecule has 0 heterocycles. The van der Waals surface area contributed by atoms with Gasteiger partial charge in [-0.3, -0.25) is 4.79 Å². The fraction of sp³-hybridized carbons (Fsp3) is 0.273. The van der Waals surface area contributed by atoms with Crippen LogP contribution < -0.4 is 5.73 Å². The van der Waals surface area contributed by atoms with Crippen molar-refractivity contribution in [2.24, 2.45) is 5.73 Å². The number of rotatable bonds is 2. The maximum absolute atomic E-state index is 9.82. The first-order valence-corrected chi connectivity index (χ1v) is 5.94. The number of ether oxygens (including phenoxy) is 1. The van der Waals surface area contributed by atoms with Crippen LogP contribution in [0.15, 0.2) is 35.2 Å². The first kappa shape index (κ1) is 18.9. The Balaban J connectivity index is 0. The Morgan fingerprint density at radius 3 is 2.24 bits per heavy atom. The smallest absolute Gasteiger partial charge is 0.302 e. The molecule has 1 rings (SSSR count). The summed E-state index contributed by atoms with van der Waals surface area (Å²) in [6.07, 6.45) is 0. The zero-order valence-corrected chi connectivity index (χ0v) is 14.6. The van der Waals surface area contributed by atoms with E-state index in [9.17, 15) is 4.79 Å². The van der Waals surface area contributed by atoms with Crippen molar-refractivity contribution in [1.29, 1.82) is 0 Å². The summed E-state index contributed by atoms with van der Waals surface area (Å²) in [5.41, 5.74) is 5.32. The second kappa shape index (κ2) is 12.0. The maximum atomic E-state index is 9.82. The summed E-state index contributed by atoms with van der Waals surface area (Å²) >= 11 is 6.13. The number of hydrogen-bond donors (Lipinski definition) is 1.